The van der Waals surface area contributed by atoms with Crippen molar-refractivity contribution in [2.24, 2.45) is 0 Å². The quantitative estimate of drug-likeness (QED) is 0.905. The van der Waals surface area contributed by atoms with E-state index in [0.29, 0.717) is 0 Å². The van der Waals surface area contributed by atoms with Crippen molar-refractivity contribution in [3.63, 3.8) is 0 Å². The van der Waals surface area contributed by atoms with Gasteiger partial charge in [0.1, 0.15) is 11.9 Å². The van der Waals surface area contributed by atoms with Crippen LogP contribution in [0.2, 0.25) is 0 Å². The van der Waals surface area contributed by atoms with E-state index >= 15 is 0 Å². The molecule has 3 rings (SSSR count). The minimum atomic E-state index is -3.61. The molecule has 1 fully saturated rings. The average molecular weight is 360 g/mol. The zero-order valence-corrected chi connectivity index (χ0v) is 14.3. The van der Waals surface area contributed by atoms with Crippen molar-refractivity contribution >= 4 is 10.0 Å². The van der Waals surface area contributed by atoms with Gasteiger partial charge in [-0.2, -0.15) is 9.57 Å². The topological polar surface area (TPSA) is 81.4 Å². The summed E-state index contributed by atoms with van der Waals surface area (Å²) in [5.74, 6) is -0.803. The number of nitriles is 1. The van der Waals surface area contributed by atoms with Crippen molar-refractivity contribution in [2.75, 3.05) is 12.9 Å². The van der Waals surface area contributed by atoms with E-state index in [1.54, 1.807) is 18.2 Å². The van der Waals surface area contributed by atoms with Crippen LogP contribution in [-0.2, 0) is 10.0 Å². The molecule has 130 valence electrons. The minimum Gasteiger partial charge on any atom is -0.395 e. The Kier molecular flexibility index (Phi) is 4.60. The van der Waals surface area contributed by atoms with E-state index in [1.165, 1.54) is 12.1 Å². The molecule has 0 aromatic heterocycles. The number of aliphatic hydroxyl groups is 1. The molecule has 3 atom stereocenters. The van der Waals surface area contributed by atoms with Crippen LogP contribution in [0.15, 0.2) is 48.5 Å². The Morgan fingerprint density at radius 2 is 1.84 bits per heavy atom. The lowest BCUT2D eigenvalue weighted by atomic mass is 9.75. The summed E-state index contributed by atoms with van der Waals surface area (Å²) in [6.07, 6.45) is 1.03. The smallest absolute Gasteiger partial charge is 0.212 e. The summed E-state index contributed by atoms with van der Waals surface area (Å²) in [6.45, 7) is -0.381. The molecule has 0 saturated carbocycles. The first-order chi connectivity index (χ1) is 11.9. The molecule has 0 aliphatic carbocycles. The third kappa shape index (κ3) is 3.04. The Balaban J connectivity index is 2.08. The van der Waals surface area contributed by atoms with Gasteiger partial charge in [-0.05, 0) is 28.8 Å². The Bertz CT molecular complexity index is 922. The zero-order valence-electron chi connectivity index (χ0n) is 13.5. The summed E-state index contributed by atoms with van der Waals surface area (Å²) in [5, 5.41) is 19.2. The van der Waals surface area contributed by atoms with E-state index in [9.17, 15) is 23.2 Å². The molecular weight excluding hydrogens is 343 g/mol. The van der Waals surface area contributed by atoms with E-state index in [-0.39, 0.29) is 12.4 Å². The van der Waals surface area contributed by atoms with Gasteiger partial charge in [0.25, 0.3) is 0 Å². The molecule has 0 spiro atoms. The van der Waals surface area contributed by atoms with Gasteiger partial charge in [0, 0.05) is 5.92 Å². The fraction of sp³-hybridized carbons (Fsp3) is 0.278. The molecule has 25 heavy (non-hydrogen) atoms. The van der Waals surface area contributed by atoms with Crippen molar-refractivity contribution in [1.29, 1.82) is 5.26 Å². The van der Waals surface area contributed by atoms with Crippen LogP contribution in [0.4, 0.5) is 4.39 Å². The molecule has 5 nitrogen and oxygen atoms in total. The second-order valence-electron chi connectivity index (χ2n) is 6.04. The van der Waals surface area contributed by atoms with Crippen molar-refractivity contribution in [3.05, 3.63) is 59.9 Å². The maximum absolute atomic E-state index is 13.2. The fourth-order valence-corrected chi connectivity index (χ4v) is 4.75. The van der Waals surface area contributed by atoms with E-state index in [1.807, 2.05) is 24.3 Å². The summed E-state index contributed by atoms with van der Waals surface area (Å²) in [5.41, 5.74) is 2.32. The second kappa shape index (κ2) is 6.56. The molecule has 0 amide bonds. The summed E-state index contributed by atoms with van der Waals surface area (Å²) in [7, 11) is -3.61. The molecule has 1 aliphatic heterocycles. The predicted octanol–water partition coefficient (Wildman–Crippen LogP) is 2.10. The Morgan fingerprint density at radius 3 is 2.40 bits per heavy atom. The number of nitrogens with zero attached hydrogens (tertiary/aromatic N) is 2. The van der Waals surface area contributed by atoms with Gasteiger partial charge in [0.15, 0.2) is 0 Å². The molecule has 1 heterocycles. The van der Waals surface area contributed by atoms with E-state index in [2.05, 4.69) is 0 Å². The highest BCUT2D eigenvalue weighted by Gasteiger charge is 2.54. The Labute approximate surface area is 146 Å². The van der Waals surface area contributed by atoms with Crippen LogP contribution < -0.4 is 0 Å². The number of sulfonamides is 1. The molecule has 1 aliphatic rings. The highest BCUT2D eigenvalue weighted by atomic mass is 32.2. The normalized spacial score (nSPS) is 23.7. The van der Waals surface area contributed by atoms with Crippen LogP contribution in [0.5, 0.6) is 0 Å². The van der Waals surface area contributed by atoms with Crippen molar-refractivity contribution in [2.45, 2.75) is 18.0 Å². The van der Waals surface area contributed by atoms with Gasteiger partial charge in [-0.25, -0.2) is 12.8 Å². The number of aliphatic hydroxyl groups excluding tert-OH is 1. The van der Waals surface area contributed by atoms with Gasteiger partial charge in [-0.15, -0.1) is 0 Å². The molecule has 2 aromatic rings. The Hall–Kier alpha value is -2.27. The number of hydrogen-bond acceptors (Lipinski definition) is 4. The van der Waals surface area contributed by atoms with Gasteiger partial charge in [-0.3, -0.25) is 0 Å². The summed E-state index contributed by atoms with van der Waals surface area (Å²) < 4.78 is 38.1. The first-order valence-electron chi connectivity index (χ1n) is 7.72. The van der Waals surface area contributed by atoms with Crippen LogP contribution in [0.25, 0.3) is 11.1 Å². The number of rotatable bonds is 4. The average Bonchev–Trinajstić information content (AvgIpc) is 2.55. The number of hydrogen-bond donors (Lipinski definition) is 1. The monoisotopic (exact) mass is 360 g/mol. The molecule has 0 radical (unpaired) electrons. The summed E-state index contributed by atoms with van der Waals surface area (Å²) in [6, 6.07) is 13.7. The third-order valence-corrected chi connectivity index (χ3v) is 5.80. The van der Waals surface area contributed by atoms with Crippen LogP contribution in [0.3, 0.4) is 0 Å². The lowest BCUT2D eigenvalue weighted by Gasteiger charge is -2.50. The molecule has 2 aromatic carbocycles. The first kappa shape index (κ1) is 17.5. The maximum Gasteiger partial charge on any atom is 0.212 e. The fourth-order valence-electron chi connectivity index (χ4n) is 3.47. The second-order valence-corrected chi connectivity index (χ2v) is 7.92. The SMILES string of the molecule is CS(=O)(=O)N1[C@H](CO)[C@@H](c2ccccc2-c2ccc(F)cc2)[C@@H]1C#N. The highest BCUT2D eigenvalue weighted by molar-refractivity contribution is 7.88. The standard InChI is InChI=1S/C18H17FN2O3S/c1-25(23,24)21-16(10-20)18(17(21)11-22)15-5-3-2-4-14(15)12-6-8-13(19)9-7-12/h2-9,16-18,22H,11H2,1H3/t16-,17+,18-/m0/s1. The lowest BCUT2D eigenvalue weighted by Crippen LogP contribution is -2.64. The van der Waals surface area contributed by atoms with Gasteiger partial charge in [-0.1, -0.05) is 36.4 Å². The van der Waals surface area contributed by atoms with Gasteiger partial charge >= 0.3 is 0 Å². The van der Waals surface area contributed by atoms with Crippen LogP contribution in [0, 0.1) is 17.1 Å². The number of benzene rings is 2. The van der Waals surface area contributed by atoms with Crippen LogP contribution >= 0.6 is 0 Å². The van der Waals surface area contributed by atoms with Crippen LogP contribution in [0.1, 0.15) is 11.5 Å². The zero-order chi connectivity index (χ0) is 18.2. The molecule has 1 N–H and O–H groups in total. The third-order valence-electron chi connectivity index (χ3n) is 4.53. The summed E-state index contributed by atoms with van der Waals surface area (Å²) >= 11 is 0. The van der Waals surface area contributed by atoms with Crippen LogP contribution in [-0.4, -0.2) is 42.8 Å². The predicted molar refractivity (Wildman–Crippen MR) is 91.5 cm³/mol. The number of halogens is 1. The van der Waals surface area contributed by atoms with E-state index < -0.39 is 28.0 Å². The first-order valence-corrected chi connectivity index (χ1v) is 9.57. The molecule has 7 heteroatoms. The van der Waals surface area contributed by atoms with Crippen molar-refractivity contribution in [1.82, 2.24) is 4.31 Å². The molecule has 0 bridgehead atoms. The van der Waals surface area contributed by atoms with Gasteiger partial charge in [0.2, 0.25) is 10.0 Å². The highest BCUT2D eigenvalue weighted by Crippen LogP contribution is 2.45. The maximum atomic E-state index is 13.2. The van der Waals surface area contributed by atoms with Gasteiger partial charge < -0.3 is 5.11 Å². The van der Waals surface area contributed by atoms with E-state index in [0.717, 1.165) is 27.3 Å². The minimum absolute atomic E-state index is 0.351. The van der Waals surface area contributed by atoms with Crippen molar-refractivity contribution in [3.8, 4) is 17.2 Å². The van der Waals surface area contributed by atoms with Gasteiger partial charge in [0.05, 0.1) is 25.0 Å². The Morgan fingerprint density at radius 1 is 1.20 bits per heavy atom. The largest absolute Gasteiger partial charge is 0.395 e. The molecule has 0 unspecified atom stereocenters. The molecular formula is C18H17FN2O3S. The lowest BCUT2D eigenvalue weighted by molar-refractivity contribution is 0.0566. The summed E-state index contributed by atoms with van der Waals surface area (Å²) in [4.78, 5) is 0. The van der Waals surface area contributed by atoms with E-state index in [4.69, 9.17) is 0 Å². The van der Waals surface area contributed by atoms with Crippen molar-refractivity contribution < 1.29 is 17.9 Å². The molecule has 1 saturated heterocycles.